The first-order chi connectivity index (χ1) is 8.09. The molecule has 0 bridgehead atoms. The Hall–Kier alpha value is -1.13. The number of likely N-dealkylation sites (N-methyl/N-ethyl adjacent to an activating group) is 1. The number of carboxylic acid groups (broad SMARTS) is 1. The standard InChI is InChI=1S/C13H22N2O2/c1-15(10-11-6-2-3-7-11)9-5-4-8-12(14)13(16)17/h2-3,6,12H,4-5,7-10,14H2,1H3,(H,16,17)/t12-/m0/s1. The van der Waals surface area contributed by atoms with Crippen molar-refractivity contribution < 1.29 is 9.90 Å². The largest absolute Gasteiger partial charge is 0.480 e. The predicted octanol–water partition coefficient (Wildman–Crippen LogP) is 1.39. The summed E-state index contributed by atoms with van der Waals surface area (Å²) in [5, 5.41) is 8.63. The van der Waals surface area contributed by atoms with E-state index in [4.69, 9.17) is 10.8 Å². The van der Waals surface area contributed by atoms with Gasteiger partial charge in [0.1, 0.15) is 6.04 Å². The molecule has 1 rings (SSSR count). The van der Waals surface area contributed by atoms with Gasteiger partial charge in [-0.15, -0.1) is 0 Å². The van der Waals surface area contributed by atoms with Crippen LogP contribution in [-0.4, -0.2) is 42.2 Å². The van der Waals surface area contributed by atoms with Crippen LogP contribution in [0.1, 0.15) is 25.7 Å². The zero-order valence-corrected chi connectivity index (χ0v) is 10.4. The van der Waals surface area contributed by atoms with Gasteiger partial charge in [-0.1, -0.05) is 30.2 Å². The molecule has 96 valence electrons. The van der Waals surface area contributed by atoms with E-state index in [1.165, 1.54) is 5.57 Å². The molecule has 0 heterocycles. The molecule has 1 atom stereocenters. The lowest BCUT2D eigenvalue weighted by atomic mass is 10.1. The minimum Gasteiger partial charge on any atom is -0.480 e. The monoisotopic (exact) mass is 238 g/mol. The van der Waals surface area contributed by atoms with Crippen molar-refractivity contribution in [3.8, 4) is 0 Å². The van der Waals surface area contributed by atoms with Gasteiger partial charge in [0.2, 0.25) is 0 Å². The Morgan fingerprint density at radius 3 is 2.94 bits per heavy atom. The van der Waals surface area contributed by atoms with E-state index in [9.17, 15) is 4.79 Å². The molecular formula is C13H22N2O2. The molecule has 3 N–H and O–H groups in total. The Kier molecular flexibility index (Phi) is 5.94. The van der Waals surface area contributed by atoms with Crippen LogP contribution in [0.15, 0.2) is 23.8 Å². The maximum atomic E-state index is 10.5. The first-order valence-corrected chi connectivity index (χ1v) is 6.11. The number of carbonyl (C=O) groups is 1. The lowest BCUT2D eigenvalue weighted by molar-refractivity contribution is -0.138. The zero-order valence-electron chi connectivity index (χ0n) is 10.4. The highest BCUT2D eigenvalue weighted by Crippen LogP contribution is 2.11. The van der Waals surface area contributed by atoms with Crippen LogP contribution in [0, 0.1) is 0 Å². The summed E-state index contributed by atoms with van der Waals surface area (Å²) in [5.74, 6) is -0.902. The second-order valence-electron chi connectivity index (χ2n) is 4.64. The first kappa shape index (κ1) is 13.9. The topological polar surface area (TPSA) is 66.6 Å². The molecule has 1 aliphatic carbocycles. The lowest BCUT2D eigenvalue weighted by Gasteiger charge is -2.17. The number of nitrogens with two attached hydrogens (primary N) is 1. The third kappa shape index (κ3) is 5.65. The second-order valence-corrected chi connectivity index (χ2v) is 4.64. The summed E-state index contributed by atoms with van der Waals surface area (Å²) >= 11 is 0. The number of nitrogens with zero attached hydrogens (tertiary/aromatic N) is 1. The second kappa shape index (κ2) is 7.25. The molecule has 0 aromatic carbocycles. The summed E-state index contributed by atoms with van der Waals surface area (Å²) in [4.78, 5) is 12.8. The van der Waals surface area contributed by atoms with Crippen LogP contribution in [0.2, 0.25) is 0 Å². The van der Waals surface area contributed by atoms with Crippen LogP contribution in [0.4, 0.5) is 0 Å². The fourth-order valence-electron chi connectivity index (χ4n) is 1.90. The van der Waals surface area contributed by atoms with Gasteiger partial charge in [-0.3, -0.25) is 4.79 Å². The molecule has 0 spiro atoms. The van der Waals surface area contributed by atoms with E-state index in [0.717, 1.165) is 32.4 Å². The van der Waals surface area contributed by atoms with Crippen LogP contribution in [0.25, 0.3) is 0 Å². The molecule has 1 aliphatic rings. The number of rotatable bonds is 8. The fraction of sp³-hybridized carbons (Fsp3) is 0.615. The van der Waals surface area contributed by atoms with Crippen molar-refractivity contribution in [1.29, 1.82) is 0 Å². The van der Waals surface area contributed by atoms with Gasteiger partial charge < -0.3 is 15.7 Å². The number of aliphatic carboxylic acids is 1. The summed E-state index contributed by atoms with van der Waals surface area (Å²) in [6, 6.07) is -0.706. The maximum Gasteiger partial charge on any atom is 0.320 e. The molecule has 0 radical (unpaired) electrons. The highest BCUT2D eigenvalue weighted by molar-refractivity contribution is 5.72. The zero-order chi connectivity index (χ0) is 12.7. The molecule has 0 aromatic rings. The van der Waals surface area contributed by atoms with Gasteiger partial charge >= 0.3 is 5.97 Å². The lowest BCUT2D eigenvalue weighted by Crippen LogP contribution is -2.30. The van der Waals surface area contributed by atoms with Crippen LogP contribution in [0.5, 0.6) is 0 Å². The van der Waals surface area contributed by atoms with Crippen molar-refractivity contribution in [3.05, 3.63) is 23.8 Å². The van der Waals surface area contributed by atoms with Gasteiger partial charge in [0, 0.05) is 6.54 Å². The number of unbranched alkanes of at least 4 members (excludes halogenated alkanes) is 1. The Morgan fingerprint density at radius 2 is 2.35 bits per heavy atom. The molecule has 0 saturated heterocycles. The highest BCUT2D eigenvalue weighted by atomic mass is 16.4. The quantitative estimate of drug-likeness (QED) is 0.627. The smallest absolute Gasteiger partial charge is 0.320 e. The molecule has 0 aromatic heterocycles. The molecule has 4 nitrogen and oxygen atoms in total. The first-order valence-electron chi connectivity index (χ1n) is 6.11. The minimum atomic E-state index is -0.902. The Labute approximate surface area is 103 Å². The summed E-state index contributed by atoms with van der Waals surface area (Å²) in [6.07, 6.45) is 9.91. The van der Waals surface area contributed by atoms with Gasteiger partial charge in [0.15, 0.2) is 0 Å². The highest BCUT2D eigenvalue weighted by Gasteiger charge is 2.10. The Balaban J connectivity index is 2.04. The summed E-state index contributed by atoms with van der Waals surface area (Å²) < 4.78 is 0. The summed E-state index contributed by atoms with van der Waals surface area (Å²) in [6.45, 7) is 1.99. The number of allylic oxidation sites excluding steroid dienone is 3. The number of hydrogen-bond acceptors (Lipinski definition) is 3. The van der Waals surface area contributed by atoms with Gasteiger partial charge in [0.05, 0.1) is 0 Å². The molecule has 0 unspecified atom stereocenters. The molecule has 4 heteroatoms. The summed E-state index contributed by atoms with van der Waals surface area (Å²) in [5.41, 5.74) is 6.87. The van der Waals surface area contributed by atoms with Crippen molar-refractivity contribution in [1.82, 2.24) is 4.90 Å². The van der Waals surface area contributed by atoms with Crippen LogP contribution < -0.4 is 5.73 Å². The third-order valence-corrected chi connectivity index (χ3v) is 2.94. The van der Waals surface area contributed by atoms with E-state index in [2.05, 4.69) is 30.2 Å². The van der Waals surface area contributed by atoms with Crippen molar-refractivity contribution >= 4 is 5.97 Å². The van der Waals surface area contributed by atoms with E-state index >= 15 is 0 Å². The normalized spacial score (nSPS) is 16.3. The number of hydrogen-bond donors (Lipinski definition) is 2. The van der Waals surface area contributed by atoms with E-state index < -0.39 is 12.0 Å². The van der Waals surface area contributed by atoms with Crippen LogP contribution in [-0.2, 0) is 4.79 Å². The molecule has 0 amide bonds. The fourth-order valence-corrected chi connectivity index (χ4v) is 1.90. The van der Waals surface area contributed by atoms with Gasteiger partial charge in [0.25, 0.3) is 0 Å². The Morgan fingerprint density at radius 1 is 1.59 bits per heavy atom. The van der Waals surface area contributed by atoms with Gasteiger partial charge in [-0.2, -0.15) is 0 Å². The average Bonchev–Trinajstić information content (AvgIpc) is 2.76. The van der Waals surface area contributed by atoms with Crippen molar-refractivity contribution in [2.75, 3.05) is 20.1 Å². The third-order valence-electron chi connectivity index (χ3n) is 2.94. The average molecular weight is 238 g/mol. The SMILES string of the molecule is CN(CCCC[C@H](N)C(=O)O)CC1=CC=CC1. The molecule has 0 saturated carbocycles. The van der Waals surface area contributed by atoms with Gasteiger partial charge in [-0.05, 0) is 32.9 Å². The van der Waals surface area contributed by atoms with E-state index in [0.29, 0.717) is 6.42 Å². The van der Waals surface area contributed by atoms with Crippen molar-refractivity contribution in [2.24, 2.45) is 5.73 Å². The van der Waals surface area contributed by atoms with Crippen LogP contribution in [0.3, 0.4) is 0 Å². The number of carboxylic acids is 1. The van der Waals surface area contributed by atoms with Gasteiger partial charge in [-0.25, -0.2) is 0 Å². The molecule has 0 fully saturated rings. The molecular weight excluding hydrogens is 216 g/mol. The summed E-state index contributed by atoms with van der Waals surface area (Å²) in [7, 11) is 2.09. The minimum absolute atomic E-state index is 0.563. The predicted molar refractivity (Wildman–Crippen MR) is 68.8 cm³/mol. The van der Waals surface area contributed by atoms with Crippen molar-refractivity contribution in [3.63, 3.8) is 0 Å². The molecule has 17 heavy (non-hydrogen) atoms. The van der Waals surface area contributed by atoms with E-state index in [1.807, 2.05) is 0 Å². The molecule has 0 aliphatic heterocycles. The van der Waals surface area contributed by atoms with Crippen molar-refractivity contribution in [2.45, 2.75) is 31.7 Å². The maximum absolute atomic E-state index is 10.5. The van der Waals surface area contributed by atoms with E-state index in [-0.39, 0.29) is 0 Å². The van der Waals surface area contributed by atoms with E-state index in [1.54, 1.807) is 0 Å². The Bertz CT molecular complexity index is 311. The van der Waals surface area contributed by atoms with Crippen LogP contribution >= 0.6 is 0 Å².